The number of carbonyl (C=O) groups excluding carboxylic acids is 1. The summed E-state index contributed by atoms with van der Waals surface area (Å²) in [4.78, 5) is 14.5. The highest BCUT2D eigenvalue weighted by molar-refractivity contribution is 7.90. The van der Waals surface area contributed by atoms with E-state index >= 15 is 0 Å². The number of anilines is 1. The number of halogens is 3. The van der Waals surface area contributed by atoms with Gasteiger partial charge in [-0.05, 0) is 31.4 Å². The number of nitrogens with one attached hydrogen (secondary N) is 2. The topological polar surface area (TPSA) is 87.7 Å². The molecule has 11 heteroatoms. The van der Waals surface area contributed by atoms with Crippen molar-refractivity contribution in [2.45, 2.75) is 55.2 Å². The Morgan fingerprint density at radius 1 is 1.23 bits per heavy atom. The maximum absolute atomic E-state index is 12.8. The van der Waals surface area contributed by atoms with Crippen molar-refractivity contribution in [1.29, 1.82) is 0 Å². The minimum absolute atomic E-state index is 0.132. The van der Waals surface area contributed by atoms with E-state index in [9.17, 15) is 17.6 Å². The molecule has 174 valence electrons. The predicted octanol–water partition coefficient (Wildman–Crippen LogP) is 3.60. The molecule has 0 spiro atoms. The summed E-state index contributed by atoms with van der Waals surface area (Å²) < 4.78 is 46.0. The van der Waals surface area contributed by atoms with E-state index in [-0.39, 0.29) is 14.9 Å². The Balaban J connectivity index is 1.64. The minimum Gasteiger partial charge on any atom is -0.383 e. The lowest BCUT2D eigenvalue weighted by molar-refractivity contribution is -0.145. The highest BCUT2D eigenvalue weighted by Crippen LogP contribution is 2.35. The van der Waals surface area contributed by atoms with Crippen molar-refractivity contribution < 1.29 is 22.3 Å². The van der Waals surface area contributed by atoms with Crippen LogP contribution in [0, 0.1) is 0 Å². The summed E-state index contributed by atoms with van der Waals surface area (Å²) in [7, 11) is -2.75. The Morgan fingerprint density at radius 2 is 1.84 bits per heavy atom. The number of alkyl halides is 1. The van der Waals surface area contributed by atoms with Gasteiger partial charge in [0, 0.05) is 33.3 Å². The van der Waals surface area contributed by atoms with Crippen molar-refractivity contribution in [2.24, 2.45) is 0 Å². The number of amides is 1. The average molecular weight is 496 g/mol. The van der Waals surface area contributed by atoms with Crippen LogP contribution in [0.3, 0.4) is 0 Å². The van der Waals surface area contributed by atoms with E-state index in [1.165, 1.54) is 19.2 Å². The molecule has 7 nitrogen and oxygen atoms in total. The monoisotopic (exact) mass is 495 g/mol. The third kappa shape index (κ3) is 5.82. The fourth-order valence-electron chi connectivity index (χ4n) is 4.00. The first-order valence-corrected chi connectivity index (χ1v) is 12.6. The highest BCUT2D eigenvalue weighted by Gasteiger charge is 2.41. The number of methoxy groups -OCH3 is 1. The van der Waals surface area contributed by atoms with Gasteiger partial charge in [-0.1, -0.05) is 42.5 Å². The number of rotatable bonds is 9. The van der Waals surface area contributed by atoms with Crippen LogP contribution in [0.25, 0.3) is 0 Å². The molecule has 3 rings (SSSR count). The van der Waals surface area contributed by atoms with Crippen molar-refractivity contribution in [2.75, 3.05) is 38.6 Å². The van der Waals surface area contributed by atoms with Gasteiger partial charge < -0.3 is 10.1 Å². The molecular weight excluding hydrogens is 468 g/mol. The van der Waals surface area contributed by atoms with Gasteiger partial charge in [0.1, 0.15) is 11.8 Å². The second-order valence-corrected chi connectivity index (χ2v) is 10.6. The summed E-state index contributed by atoms with van der Waals surface area (Å²) in [5.74, 6) is -0.675. The average Bonchev–Trinajstić information content (AvgIpc) is 2.71. The summed E-state index contributed by atoms with van der Waals surface area (Å²) >= 11 is 12.5. The maximum atomic E-state index is 12.8. The molecule has 0 unspecified atom stereocenters. The highest BCUT2D eigenvalue weighted by atomic mass is 35.5. The molecule has 1 aromatic rings. The third-order valence-corrected chi connectivity index (χ3v) is 7.79. The fourth-order valence-corrected chi connectivity index (χ4v) is 5.84. The number of nitrogens with zero attached hydrogens (tertiary/aromatic N) is 1. The van der Waals surface area contributed by atoms with Crippen LogP contribution >= 0.6 is 23.2 Å². The number of hydrogen-bond donors (Lipinski definition) is 2. The zero-order chi connectivity index (χ0) is 22.6. The fraction of sp³-hybridized carbons (Fsp3) is 0.650. The Hall–Kier alpha value is -1.13. The van der Waals surface area contributed by atoms with Gasteiger partial charge in [0.15, 0.2) is 0 Å². The molecule has 1 saturated heterocycles. The number of ether oxygens (including phenoxy) is 1. The molecule has 1 aliphatic heterocycles. The summed E-state index contributed by atoms with van der Waals surface area (Å²) in [6.07, 6.45) is 3.55. The Bertz CT molecular complexity index is 881. The van der Waals surface area contributed by atoms with Gasteiger partial charge >= 0.3 is 0 Å². The van der Waals surface area contributed by atoms with E-state index in [2.05, 4.69) is 10.0 Å². The van der Waals surface area contributed by atoms with Crippen LogP contribution in [-0.2, 0) is 19.6 Å². The zero-order valence-corrected chi connectivity index (χ0v) is 19.8. The predicted molar refractivity (Wildman–Crippen MR) is 119 cm³/mol. The van der Waals surface area contributed by atoms with Gasteiger partial charge in [-0.25, -0.2) is 17.5 Å². The zero-order valence-electron chi connectivity index (χ0n) is 17.4. The van der Waals surface area contributed by atoms with Crippen LogP contribution in [0.4, 0.5) is 10.1 Å². The van der Waals surface area contributed by atoms with E-state index in [0.29, 0.717) is 38.2 Å². The summed E-state index contributed by atoms with van der Waals surface area (Å²) in [6.45, 7) is 2.22. The first-order chi connectivity index (χ1) is 14.7. The van der Waals surface area contributed by atoms with Gasteiger partial charge in [0.25, 0.3) is 15.9 Å². The van der Waals surface area contributed by atoms with Crippen LogP contribution < -0.4 is 10.0 Å². The molecule has 31 heavy (non-hydrogen) atoms. The van der Waals surface area contributed by atoms with Gasteiger partial charge in [-0.15, -0.1) is 0 Å². The van der Waals surface area contributed by atoms with Crippen LogP contribution in [0.15, 0.2) is 17.0 Å². The lowest BCUT2D eigenvalue weighted by Gasteiger charge is -2.34. The van der Waals surface area contributed by atoms with Crippen LogP contribution in [0.5, 0.6) is 0 Å². The molecule has 2 aliphatic rings. The van der Waals surface area contributed by atoms with Crippen molar-refractivity contribution in [3.8, 4) is 0 Å². The molecular formula is C20H28Cl2FN3O4S. The van der Waals surface area contributed by atoms with Gasteiger partial charge in [-0.3, -0.25) is 9.69 Å². The van der Waals surface area contributed by atoms with E-state index in [4.69, 9.17) is 27.9 Å². The van der Waals surface area contributed by atoms with Crippen molar-refractivity contribution >= 4 is 44.8 Å². The smallest absolute Gasteiger partial charge is 0.265 e. The summed E-state index contributed by atoms with van der Waals surface area (Å²) in [5, 5.41) is 3.36. The molecule has 1 saturated carbocycles. The van der Waals surface area contributed by atoms with E-state index in [1.54, 1.807) is 0 Å². The number of hydrogen-bond acceptors (Lipinski definition) is 6. The largest absolute Gasteiger partial charge is 0.383 e. The first kappa shape index (κ1) is 24.5. The number of sulfonamides is 1. The maximum Gasteiger partial charge on any atom is 0.265 e. The SMILES string of the molecule is COC1(C(=O)NS(=O)(=O)c2cc(Cl)c(NCCCN3CC(F)C3)c(Cl)c2)CCCCC1. The number of carbonyl (C=O) groups is 1. The van der Waals surface area contributed by atoms with E-state index in [1.807, 2.05) is 4.90 Å². The van der Waals surface area contributed by atoms with Crippen LogP contribution in [0.2, 0.25) is 10.0 Å². The van der Waals surface area contributed by atoms with Crippen molar-refractivity contribution in [3.05, 3.63) is 22.2 Å². The second-order valence-electron chi connectivity index (χ2n) is 8.09. The first-order valence-electron chi connectivity index (χ1n) is 10.4. The molecule has 0 bridgehead atoms. The lowest BCUT2D eigenvalue weighted by Crippen LogP contribution is -2.51. The Labute approximate surface area is 192 Å². The molecule has 1 aromatic carbocycles. The Kier molecular flexibility index (Phi) is 8.07. The standard InChI is InChI=1S/C20H28Cl2FN3O4S/c1-30-20(6-3-2-4-7-20)19(27)25-31(28,29)15-10-16(21)18(17(22)11-15)24-8-5-9-26-12-14(23)13-26/h10-11,14,24H,2-9,12-13H2,1H3,(H,25,27). The van der Waals surface area contributed by atoms with E-state index < -0.39 is 27.7 Å². The van der Waals surface area contributed by atoms with Crippen molar-refractivity contribution in [1.82, 2.24) is 9.62 Å². The quantitative estimate of drug-likeness (QED) is 0.508. The number of benzene rings is 1. The molecule has 1 heterocycles. The van der Waals surface area contributed by atoms with Gasteiger partial charge in [-0.2, -0.15) is 0 Å². The van der Waals surface area contributed by atoms with Crippen LogP contribution in [-0.4, -0.2) is 64.3 Å². The second kappa shape index (κ2) is 10.2. The van der Waals surface area contributed by atoms with Crippen LogP contribution in [0.1, 0.15) is 38.5 Å². The minimum atomic E-state index is -4.17. The molecule has 0 aromatic heterocycles. The molecule has 2 fully saturated rings. The third-order valence-electron chi connectivity index (χ3n) is 5.88. The molecule has 2 N–H and O–H groups in total. The summed E-state index contributed by atoms with van der Waals surface area (Å²) in [5.41, 5.74) is -0.722. The molecule has 1 amide bonds. The van der Waals surface area contributed by atoms with Crippen molar-refractivity contribution in [3.63, 3.8) is 0 Å². The van der Waals surface area contributed by atoms with E-state index in [0.717, 1.165) is 32.2 Å². The normalized spacial score (nSPS) is 19.6. The number of likely N-dealkylation sites (tertiary alicyclic amines) is 1. The molecule has 0 atom stereocenters. The van der Waals surface area contributed by atoms with Gasteiger partial charge in [0.2, 0.25) is 0 Å². The van der Waals surface area contributed by atoms with Gasteiger partial charge in [0.05, 0.1) is 20.6 Å². The molecule has 1 aliphatic carbocycles. The summed E-state index contributed by atoms with van der Waals surface area (Å²) in [6, 6.07) is 2.52. The Morgan fingerprint density at radius 3 is 2.39 bits per heavy atom. The molecule has 0 radical (unpaired) electrons. The lowest BCUT2D eigenvalue weighted by atomic mass is 9.84.